The number of halogens is 2. The minimum absolute atomic E-state index is 0. The van der Waals surface area contributed by atoms with Gasteiger partial charge in [0, 0.05) is 25.3 Å². The number of hydrogen-bond donors (Lipinski definition) is 2. The molecule has 1 aromatic rings. The van der Waals surface area contributed by atoms with Crippen LogP contribution in [0, 0.1) is 5.92 Å². The Morgan fingerprint density at radius 3 is 2.58 bits per heavy atom. The van der Waals surface area contributed by atoms with E-state index in [4.69, 9.17) is 11.6 Å². The summed E-state index contributed by atoms with van der Waals surface area (Å²) >= 11 is 6.24. The number of carbonyl (C=O) groups is 2. The molecule has 1 aliphatic heterocycles. The molecule has 5 nitrogen and oxygen atoms in total. The highest BCUT2D eigenvalue weighted by Gasteiger charge is 2.21. The van der Waals surface area contributed by atoms with Gasteiger partial charge in [-0.05, 0) is 51.4 Å². The van der Waals surface area contributed by atoms with Gasteiger partial charge in [-0.3, -0.25) is 9.59 Å². The molecule has 1 unspecified atom stereocenters. The lowest BCUT2D eigenvalue weighted by molar-refractivity contribution is -0.120. The third kappa shape index (κ3) is 5.10. The normalized spacial score (nSPS) is 16.9. The van der Waals surface area contributed by atoms with Crippen molar-refractivity contribution in [1.29, 1.82) is 0 Å². The highest BCUT2D eigenvalue weighted by atomic mass is 35.5. The van der Waals surface area contributed by atoms with E-state index in [9.17, 15) is 9.59 Å². The van der Waals surface area contributed by atoms with Crippen molar-refractivity contribution in [2.24, 2.45) is 5.92 Å². The summed E-state index contributed by atoms with van der Waals surface area (Å²) in [7, 11) is 0. The van der Waals surface area contributed by atoms with Gasteiger partial charge in [0.25, 0.3) is 5.91 Å². The fourth-order valence-corrected chi connectivity index (χ4v) is 3.03. The Balaban J connectivity index is 0.00000288. The van der Waals surface area contributed by atoms with E-state index < -0.39 is 0 Å². The molecule has 0 spiro atoms. The van der Waals surface area contributed by atoms with Gasteiger partial charge in [0.05, 0.1) is 16.5 Å². The van der Waals surface area contributed by atoms with Crippen LogP contribution in [-0.4, -0.2) is 42.9 Å². The molecule has 1 atom stereocenters. The number of amides is 2. The number of benzene rings is 1. The zero-order chi connectivity index (χ0) is 16.8. The molecule has 134 valence electrons. The van der Waals surface area contributed by atoms with Crippen LogP contribution in [0.1, 0.15) is 37.0 Å². The average Bonchev–Trinajstić information content (AvgIpc) is 2.56. The Kier molecular flexibility index (Phi) is 8.53. The smallest absolute Gasteiger partial charge is 0.255 e. The number of anilines is 1. The van der Waals surface area contributed by atoms with E-state index >= 15 is 0 Å². The maximum atomic E-state index is 12.4. The van der Waals surface area contributed by atoms with E-state index in [2.05, 4.69) is 10.6 Å². The Labute approximate surface area is 154 Å². The molecular weight excluding hydrogens is 349 g/mol. The third-order valence-electron chi connectivity index (χ3n) is 4.19. The largest absolute Gasteiger partial charge is 0.339 e. The van der Waals surface area contributed by atoms with Gasteiger partial charge >= 0.3 is 0 Å². The summed E-state index contributed by atoms with van der Waals surface area (Å²) in [5.41, 5.74) is 1.09. The number of rotatable bonds is 5. The minimum atomic E-state index is -0.0886. The molecule has 1 heterocycles. The molecule has 1 aromatic carbocycles. The quantitative estimate of drug-likeness (QED) is 0.832. The standard InChI is InChI=1S/C17H24ClN3O2.ClH/c1-3-21(4-2)17(23)14-8-7-13(10-15(14)18)20-16(22)12-6-5-9-19-11-12;/h7-8,10,12,19H,3-6,9,11H2,1-2H3,(H,20,22);1H. The summed E-state index contributed by atoms with van der Waals surface area (Å²) in [6, 6.07) is 5.06. The Hall–Kier alpha value is -1.30. The molecule has 1 fully saturated rings. The highest BCUT2D eigenvalue weighted by Crippen LogP contribution is 2.23. The van der Waals surface area contributed by atoms with Crippen LogP contribution < -0.4 is 10.6 Å². The SMILES string of the molecule is CCN(CC)C(=O)c1ccc(NC(=O)C2CCCNC2)cc1Cl.Cl. The molecule has 0 bridgehead atoms. The summed E-state index contributed by atoms with van der Waals surface area (Å²) < 4.78 is 0. The first-order valence-electron chi connectivity index (χ1n) is 8.17. The van der Waals surface area contributed by atoms with E-state index in [0.29, 0.717) is 35.9 Å². The molecule has 0 aromatic heterocycles. The van der Waals surface area contributed by atoms with Crippen LogP contribution in [0.3, 0.4) is 0 Å². The lowest BCUT2D eigenvalue weighted by atomic mass is 9.99. The van der Waals surface area contributed by atoms with Gasteiger partial charge in [-0.1, -0.05) is 11.6 Å². The molecule has 0 aliphatic carbocycles. The Morgan fingerprint density at radius 2 is 2.04 bits per heavy atom. The lowest BCUT2D eigenvalue weighted by Crippen LogP contribution is -2.37. The molecule has 1 aliphatic rings. The van der Waals surface area contributed by atoms with Crippen molar-refractivity contribution in [3.8, 4) is 0 Å². The van der Waals surface area contributed by atoms with Crippen molar-refractivity contribution in [1.82, 2.24) is 10.2 Å². The second kappa shape index (κ2) is 9.87. The predicted molar refractivity (Wildman–Crippen MR) is 100 cm³/mol. The predicted octanol–water partition coefficient (Wildman–Crippen LogP) is 3.18. The number of piperidine rings is 1. The van der Waals surface area contributed by atoms with Crippen molar-refractivity contribution in [3.63, 3.8) is 0 Å². The van der Waals surface area contributed by atoms with Gasteiger partial charge in [-0.15, -0.1) is 12.4 Å². The summed E-state index contributed by atoms with van der Waals surface area (Å²) in [4.78, 5) is 26.3. The van der Waals surface area contributed by atoms with Crippen LogP contribution in [0.15, 0.2) is 18.2 Å². The molecule has 2 amide bonds. The van der Waals surface area contributed by atoms with E-state index in [1.807, 2.05) is 13.8 Å². The maximum absolute atomic E-state index is 12.4. The minimum Gasteiger partial charge on any atom is -0.339 e. The number of nitrogens with zero attached hydrogens (tertiary/aromatic N) is 1. The molecule has 2 rings (SSSR count). The van der Waals surface area contributed by atoms with Gasteiger partial charge in [0.1, 0.15) is 0 Å². The molecule has 24 heavy (non-hydrogen) atoms. The average molecular weight is 374 g/mol. The summed E-state index contributed by atoms with van der Waals surface area (Å²) in [5, 5.41) is 6.48. The third-order valence-corrected chi connectivity index (χ3v) is 4.50. The van der Waals surface area contributed by atoms with Crippen LogP contribution in [0.25, 0.3) is 0 Å². The number of nitrogens with one attached hydrogen (secondary N) is 2. The molecule has 2 N–H and O–H groups in total. The van der Waals surface area contributed by atoms with Gasteiger partial charge in [-0.25, -0.2) is 0 Å². The first kappa shape index (κ1) is 20.7. The fraction of sp³-hybridized carbons (Fsp3) is 0.529. The van der Waals surface area contributed by atoms with Crippen molar-refractivity contribution < 1.29 is 9.59 Å². The lowest BCUT2D eigenvalue weighted by Gasteiger charge is -2.22. The molecule has 1 saturated heterocycles. The first-order valence-corrected chi connectivity index (χ1v) is 8.55. The van der Waals surface area contributed by atoms with Crippen molar-refractivity contribution in [2.75, 3.05) is 31.5 Å². The van der Waals surface area contributed by atoms with Gasteiger partial charge < -0.3 is 15.5 Å². The second-order valence-electron chi connectivity index (χ2n) is 5.70. The molecular formula is C17H25Cl2N3O2. The van der Waals surface area contributed by atoms with Crippen LogP contribution >= 0.6 is 24.0 Å². The Morgan fingerprint density at radius 1 is 1.33 bits per heavy atom. The van der Waals surface area contributed by atoms with E-state index in [1.54, 1.807) is 23.1 Å². The highest BCUT2D eigenvalue weighted by molar-refractivity contribution is 6.34. The van der Waals surface area contributed by atoms with Crippen LogP contribution in [0.5, 0.6) is 0 Å². The Bertz CT molecular complexity index is 571. The molecule has 0 saturated carbocycles. The zero-order valence-electron chi connectivity index (χ0n) is 14.1. The van der Waals surface area contributed by atoms with E-state index in [1.165, 1.54) is 0 Å². The van der Waals surface area contributed by atoms with E-state index in [-0.39, 0.29) is 30.1 Å². The summed E-state index contributed by atoms with van der Waals surface area (Å²) in [6.07, 6.45) is 1.90. The van der Waals surface area contributed by atoms with Crippen LogP contribution in [0.2, 0.25) is 5.02 Å². The van der Waals surface area contributed by atoms with Gasteiger partial charge in [0.2, 0.25) is 5.91 Å². The van der Waals surface area contributed by atoms with Crippen LogP contribution in [0.4, 0.5) is 5.69 Å². The van der Waals surface area contributed by atoms with Crippen LogP contribution in [-0.2, 0) is 4.79 Å². The zero-order valence-corrected chi connectivity index (χ0v) is 15.7. The monoisotopic (exact) mass is 373 g/mol. The number of hydrogen-bond acceptors (Lipinski definition) is 3. The number of carbonyl (C=O) groups excluding carboxylic acids is 2. The summed E-state index contributed by atoms with van der Waals surface area (Å²) in [5.74, 6) is -0.107. The first-order chi connectivity index (χ1) is 11.1. The second-order valence-corrected chi connectivity index (χ2v) is 6.11. The fourth-order valence-electron chi connectivity index (χ4n) is 2.77. The summed E-state index contributed by atoms with van der Waals surface area (Å²) in [6.45, 7) is 6.82. The van der Waals surface area contributed by atoms with E-state index in [0.717, 1.165) is 19.4 Å². The maximum Gasteiger partial charge on any atom is 0.255 e. The molecule has 0 radical (unpaired) electrons. The van der Waals surface area contributed by atoms with Gasteiger partial charge in [-0.2, -0.15) is 0 Å². The molecule has 7 heteroatoms. The van der Waals surface area contributed by atoms with Crippen molar-refractivity contribution in [2.45, 2.75) is 26.7 Å². The van der Waals surface area contributed by atoms with Gasteiger partial charge in [0.15, 0.2) is 0 Å². The van der Waals surface area contributed by atoms with Crippen molar-refractivity contribution in [3.05, 3.63) is 28.8 Å². The topological polar surface area (TPSA) is 61.4 Å². The van der Waals surface area contributed by atoms with Crippen molar-refractivity contribution >= 4 is 41.5 Å².